The molecular formula is C18H38N2. The van der Waals surface area contributed by atoms with E-state index in [1.165, 1.54) is 25.8 Å². The lowest BCUT2D eigenvalue weighted by Gasteiger charge is -2.39. The summed E-state index contributed by atoms with van der Waals surface area (Å²) in [6.45, 7) is 18.9. The molecule has 120 valence electrons. The lowest BCUT2D eigenvalue weighted by molar-refractivity contribution is 0.110. The van der Waals surface area contributed by atoms with Crippen LogP contribution in [0.25, 0.3) is 0 Å². The van der Waals surface area contributed by atoms with Crippen LogP contribution in [-0.4, -0.2) is 37.1 Å². The summed E-state index contributed by atoms with van der Waals surface area (Å²) in [5.41, 5.74) is 0.806. The van der Waals surface area contributed by atoms with Crippen LogP contribution >= 0.6 is 0 Å². The van der Waals surface area contributed by atoms with Crippen molar-refractivity contribution < 1.29 is 0 Å². The molecule has 0 aromatic carbocycles. The summed E-state index contributed by atoms with van der Waals surface area (Å²) in [7, 11) is 2.30. The fraction of sp³-hybridized carbons (Fsp3) is 1.00. The first-order valence-corrected chi connectivity index (χ1v) is 8.53. The molecule has 2 heteroatoms. The number of hydrogen-bond donors (Lipinski definition) is 1. The zero-order chi connectivity index (χ0) is 15.6. The zero-order valence-electron chi connectivity index (χ0n) is 15.2. The second-order valence-electron chi connectivity index (χ2n) is 8.70. The molecule has 0 amide bonds. The van der Waals surface area contributed by atoms with Gasteiger partial charge in [0.1, 0.15) is 0 Å². The van der Waals surface area contributed by atoms with Gasteiger partial charge in [0.05, 0.1) is 0 Å². The first-order chi connectivity index (χ1) is 9.09. The van der Waals surface area contributed by atoms with Crippen LogP contribution in [0.1, 0.15) is 67.7 Å². The van der Waals surface area contributed by atoms with E-state index >= 15 is 0 Å². The molecule has 20 heavy (non-hydrogen) atoms. The molecule has 0 spiro atoms. The van der Waals surface area contributed by atoms with E-state index in [0.717, 1.165) is 12.5 Å². The van der Waals surface area contributed by atoms with Gasteiger partial charge in [0.2, 0.25) is 0 Å². The molecule has 0 heterocycles. The first kappa shape index (κ1) is 18.0. The highest BCUT2D eigenvalue weighted by atomic mass is 15.1. The van der Waals surface area contributed by atoms with Crippen LogP contribution in [0.15, 0.2) is 0 Å². The molecule has 0 bridgehead atoms. The SMILES string of the molecule is CCCNC1C(CN(C)C(C)C(C)(C)C)CCC1(C)C. The largest absolute Gasteiger partial charge is 0.313 e. The quantitative estimate of drug-likeness (QED) is 0.787. The molecule has 0 saturated heterocycles. The molecule has 2 nitrogen and oxygen atoms in total. The molecule has 3 unspecified atom stereocenters. The molecule has 1 N–H and O–H groups in total. The number of rotatable bonds is 6. The van der Waals surface area contributed by atoms with Gasteiger partial charge in [-0.2, -0.15) is 0 Å². The van der Waals surface area contributed by atoms with E-state index in [0.29, 0.717) is 22.9 Å². The van der Waals surface area contributed by atoms with Crippen LogP contribution in [0.5, 0.6) is 0 Å². The Morgan fingerprint density at radius 3 is 2.40 bits per heavy atom. The summed E-state index contributed by atoms with van der Waals surface area (Å²) in [6, 6.07) is 1.30. The fourth-order valence-corrected chi connectivity index (χ4v) is 3.65. The van der Waals surface area contributed by atoms with Crippen molar-refractivity contribution in [2.24, 2.45) is 16.7 Å². The molecule has 1 aliphatic carbocycles. The molecule has 1 fully saturated rings. The predicted octanol–water partition coefficient (Wildman–Crippen LogP) is 4.16. The molecule has 1 rings (SSSR count). The van der Waals surface area contributed by atoms with Crippen molar-refractivity contribution in [2.45, 2.75) is 79.8 Å². The van der Waals surface area contributed by atoms with Gasteiger partial charge in [0, 0.05) is 18.6 Å². The standard InChI is InChI=1S/C18H38N2/c1-9-12-19-16-15(10-11-18(16,6)7)13-20(8)14(2)17(3,4)5/h14-16,19H,9-13H2,1-8H3. The Morgan fingerprint density at radius 2 is 1.90 bits per heavy atom. The van der Waals surface area contributed by atoms with Gasteiger partial charge in [-0.25, -0.2) is 0 Å². The third-order valence-electron chi connectivity index (χ3n) is 5.52. The Morgan fingerprint density at radius 1 is 1.30 bits per heavy atom. The summed E-state index contributed by atoms with van der Waals surface area (Å²) in [4.78, 5) is 2.58. The maximum Gasteiger partial charge on any atom is 0.0159 e. The minimum absolute atomic E-state index is 0.356. The summed E-state index contributed by atoms with van der Waals surface area (Å²) in [5, 5.41) is 3.83. The molecule has 3 atom stereocenters. The average Bonchev–Trinajstić information content (AvgIpc) is 2.60. The van der Waals surface area contributed by atoms with Crippen molar-refractivity contribution in [1.29, 1.82) is 0 Å². The van der Waals surface area contributed by atoms with Crippen LogP contribution in [0, 0.1) is 16.7 Å². The summed E-state index contributed by atoms with van der Waals surface area (Å²) in [6.07, 6.45) is 3.96. The maximum absolute atomic E-state index is 3.83. The van der Waals surface area contributed by atoms with Crippen LogP contribution in [-0.2, 0) is 0 Å². The summed E-state index contributed by atoms with van der Waals surface area (Å²) >= 11 is 0. The minimum Gasteiger partial charge on any atom is -0.313 e. The van der Waals surface area contributed by atoms with E-state index in [1.807, 2.05) is 0 Å². The number of nitrogens with zero attached hydrogens (tertiary/aromatic N) is 1. The van der Waals surface area contributed by atoms with Gasteiger partial charge in [0.25, 0.3) is 0 Å². The van der Waals surface area contributed by atoms with E-state index in [-0.39, 0.29) is 0 Å². The Kier molecular flexibility index (Phi) is 6.10. The average molecular weight is 283 g/mol. The summed E-state index contributed by atoms with van der Waals surface area (Å²) < 4.78 is 0. The fourth-order valence-electron chi connectivity index (χ4n) is 3.65. The maximum atomic E-state index is 3.83. The molecule has 0 aromatic heterocycles. The van der Waals surface area contributed by atoms with Crippen LogP contribution < -0.4 is 5.32 Å². The minimum atomic E-state index is 0.356. The van der Waals surface area contributed by atoms with E-state index in [4.69, 9.17) is 0 Å². The van der Waals surface area contributed by atoms with E-state index < -0.39 is 0 Å². The highest BCUT2D eigenvalue weighted by Gasteiger charge is 2.42. The lowest BCUT2D eigenvalue weighted by atomic mass is 9.83. The van der Waals surface area contributed by atoms with Crippen LogP contribution in [0.2, 0.25) is 0 Å². The molecule has 0 radical (unpaired) electrons. The van der Waals surface area contributed by atoms with E-state index in [2.05, 4.69) is 65.7 Å². The normalized spacial score (nSPS) is 28.1. The zero-order valence-corrected chi connectivity index (χ0v) is 15.2. The highest BCUT2D eigenvalue weighted by molar-refractivity contribution is 4.97. The van der Waals surface area contributed by atoms with Gasteiger partial charge in [-0.1, -0.05) is 41.5 Å². The second-order valence-corrected chi connectivity index (χ2v) is 8.70. The van der Waals surface area contributed by atoms with Gasteiger partial charge >= 0.3 is 0 Å². The van der Waals surface area contributed by atoms with Crippen LogP contribution in [0.3, 0.4) is 0 Å². The Labute approximate surface area is 127 Å². The highest BCUT2D eigenvalue weighted by Crippen LogP contribution is 2.42. The predicted molar refractivity (Wildman–Crippen MR) is 90.1 cm³/mol. The van der Waals surface area contributed by atoms with Crippen molar-refractivity contribution in [2.75, 3.05) is 20.1 Å². The van der Waals surface area contributed by atoms with Crippen molar-refractivity contribution >= 4 is 0 Å². The third-order valence-corrected chi connectivity index (χ3v) is 5.52. The monoisotopic (exact) mass is 282 g/mol. The lowest BCUT2D eigenvalue weighted by Crippen LogP contribution is -2.48. The molecule has 1 saturated carbocycles. The number of hydrogen-bond acceptors (Lipinski definition) is 2. The molecule has 1 aliphatic rings. The van der Waals surface area contributed by atoms with Gasteiger partial charge in [-0.3, -0.25) is 0 Å². The van der Waals surface area contributed by atoms with Crippen molar-refractivity contribution in [3.63, 3.8) is 0 Å². The number of nitrogens with one attached hydrogen (secondary N) is 1. The summed E-state index contributed by atoms with van der Waals surface area (Å²) in [5.74, 6) is 0.798. The van der Waals surface area contributed by atoms with Gasteiger partial charge < -0.3 is 10.2 Å². The van der Waals surface area contributed by atoms with Gasteiger partial charge in [-0.15, -0.1) is 0 Å². The molecular weight excluding hydrogens is 244 g/mol. The Balaban J connectivity index is 2.65. The Hall–Kier alpha value is -0.0800. The Bertz CT molecular complexity index is 290. The van der Waals surface area contributed by atoms with Gasteiger partial charge in [0.15, 0.2) is 0 Å². The third kappa shape index (κ3) is 4.46. The van der Waals surface area contributed by atoms with Crippen molar-refractivity contribution in [1.82, 2.24) is 10.2 Å². The van der Waals surface area contributed by atoms with Crippen LogP contribution in [0.4, 0.5) is 0 Å². The second kappa shape index (κ2) is 6.79. The van der Waals surface area contributed by atoms with Crippen molar-refractivity contribution in [3.8, 4) is 0 Å². The molecule has 0 aliphatic heterocycles. The topological polar surface area (TPSA) is 15.3 Å². The van der Waals surface area contributed by atoms with E-state index in [9.17, 15) is 0 Å². The first-order valence-electron chi connectivity index (χ1n) is 8.53. The van der Waals surface area contributed by atoms with E-state index in [1.54, 1.807) is 0 Å². The van der Waals surface area contributed by atoms with Crippen molar-refractivity contribution in [3.05, 3.63) is 0 Å². The molecule has 0 aromatic rings. The van der Waals surface area contributed by atoms with Gasteiger partial charge in [-0.05, 0) is 56.5 Å². The smallest absolute Gasteiger partial charge is 0.0159 e.